The average Bonchev–Trinajstić information content (AvgIpc) is 2.78. The van der Waals surface area contributed by atoms with Crippen LogP contribution in [0, 0.1) is 19.4 Å². The van der Waals surface area contributed by atoms with Gasteiger partial charge in [-0.2, -0.15) is 0 Å². The molecule has 1 aromatic carbocycles. The molecule has 5 N–H and O–H groups in total. The topological polar surface area (TPSA) is 177 Å². The highest BCUT2D eigenvalue weighted by Gasteiger charge is 2.36. The molecule has 0 aliphatic rings. The van der Waals surface area contributed by atoms with Gasteiger partial charge in [0.25, 0.3) is 5.91 Å². The summed E-state index contributed by atoms with van der Waals surface area (Å²) in [7, 11) is 1.14. The van der Waals surface area contributed by atoms with Crippen molar-refractivity contribution < 1.29 is 38.6 Å². The van der Waals surface area contributed by atoms with E-state index in [0.717, 1.165) is 12.0 Å². The van der Waals surface area contributed by atoms with Crippen LogP contribution in [0.15, 0.2) is 18.2 Å². The summed E-state index contributed by atoms with van der Waals surface area (Å²) in [6.07, 6.45) is 4.17. The van der Waals surface area contributed by atoms with E-state index in [1.165, 1.54) is 18.2 Å². The molecule has 0 fully saturated rings. The van der Waals surface area contributed by atoms with Crippen LogP contribution >= 0.6 is 0 Å². The monoisotopic (exact) mass is 504 g/mol. The molecule has 0 saturated carbocycles. The highest BCUT2D eigenvalue weighted by atomic mass is 16.6. The number of terminal acetylenes is 1. The van der Waals surface area contributed by atoms with Crippen LogP contribution in [0.5, 0.6) is 5.75 Å². The molecule has 0 bridgehead atoms. The van der Waals surface area contributed by atoms with E-state index in [4.69, 9.17) is 16.9 Å². The molecule has 12 heteroatoms. The van der Waals surface area contributed by atoms with Gasteiger partial charge in [-0.3, -0.25) is 24.1 Å². The second kappa shape index (κ2) is 13.0. The van der Waals surface area contributed by atoms with E-state index in [-0.39, 0.29) is 24.2 Å². The molecule has 0 spiro atoms. The Balaban J connectivity index is 3.42. The summed E-state index contributed by atoms with van der Waals surface area (Å²) >= 11 is 0. The Labute approximate surface area is 209 Å². The van der Waals surface area contributed by atoms with Crippen LogP contribution in [0.2, 0.25) is 0 Å². The van der Waals surface area contributed by atoms with Crippen molar-refractivity contribution in [3.8, 4) is 18.2 Å². The number of ether oxygens (including phenoxy) is 2. The zero-order chi connectivity index (χ0) is 27.6. The molecule has 4 amide bonds. The Morgan fingerprint density at radius 2 is 1.86 bits per heavy atom. The number of aryl methyl sites for hydroxylation is 1. The lowest BCUT2D eigenvalue weighted by molar-refractivity contribution is -0.142. The van der Waals surface area contributed by atoms with Crippen LogP contribution in [0.1, 0.15) is 50.8 Å². The molecule has 2 unspecified atom stereocenters. The summed E-state index contributed by atoms with van der Waals surface area (Å²) in [6, 6.07) is 3.43. The smallest absolute Gasteiger partial charge is 0.408 e. The van der Waals surface area contributed by atoms with E-state index < -0.39 is 54.0 Å². The summed E-state index contributed by atoms with van der Waals surface area (Å²) in [6.45, 7) is 5.93. The minimum Gasteiger partial charge on any atom is -0.508 e. The molecule has 0 radical (unpaired) electrons. The molecule has 196 valence electrons. The lowest BCUT2D eigenvalue weighted by atomic mass is 10.00. The molecule has 12 nitrogen and oxygen atoms in total. The summed E-state index contributed by atoms with van der Waals surface area (Å²) < 4.78 is 9.71. The molecule has 0 aliphatic carbocycles. The number of nitrogens with one attached hydrogen (secondary N) is 2. The number of benzene rings is 1. The standard InChI is InChI=1S/C24H32N4O8/c1-7-28(22(33)16(9-11-18(25)30)27-23(34)36-24(3,4)5)20(21(32)26-13-19(31)35-6)15-8-10-17(29)14(2)12-15/h1,8,10,12,16,20,29H,9,11,13H2,2-6H3,(H2,25,30)(H,26,32)(H,27,34). The van der Waals surface area contributed by atoms with E-state index in [9.17, 15) is 29.1 Å². The molecule has 0 aliphatic heterocycles. The summed E-state index contributed by atoms with van der Waals surface area (Å²) in [4.78, 5) is 62.6. The Bertz CT molecular complexity index is 1040. The van der Waals surface area contributed by atoms with Gasteiger partial charge in [0.1, 0.15) is 30.0 Å². The quantitative estimate of drug-likeness (QED) is 0.203. The predicted molar refractivity (Wildman–Crippen MR) is 128 cm³/mol. The van der Waals surface area contributed by atoms with Crippen molar-refractivity contribution in [2.75, 3.05) is 13.7 Å². The van der Waals surface area contributed by atoms with Gasteiger partial charge in [-0.1, -0.05) is 12.5 Å². The number of nitrogens with two attached hydrogens (primary N) is 1. The fourth-order valence-corrected chi connectivity index (χ4v) is 3.02. The van der Waals surface area contributed by atoms with Crippen molar-refractivity contribution in [2.24, 2.45) is 5.73 Å². The lowest BCUT2D eigenvalue weighted by Gasteiger charge is -2.30. The average molecular weight is 505 g/mol. The number of carbonyl (C=O) groups is 5. The van der Waals surface area contributed by atoms with Gasteiger partial charge in [0, 0.05) is 12.5 Å². The molecular formula is C24H32N4O8. The summed E-state index contributed by atoms with van der Waals surface area (Å²) in [5.74, 6) is -3.27. The van der Waals surface area contributed by atoms with Gasteiger partial charge in [-0.15, -0.1) is 0 Å². The maximum absolute atomic E-state index is 13.5. The Morgan fingerprint density at radius 3 is 2.36 bits per heavy atom. The summed E-state index contributed by atoms with van der Waals surface area (Å²) in [5, 5.41) is 14.6. The first-order valence-electron chi connectivity index (χ1n) is 10.9. The Kier molecular flexibility index (Phi) is 10.7. The zero-order valence-electron chi connectivity index (χ0n) is 20.9. The van der Waals surface area contributed by atoms with Gasteiger partial charge in [-0.25, -0.2) is 4.79 Å². The van der Waals surface area contributed by atoms with Gasteiger partial charge >= 0.3 is 12.1 Å². The number of methoxy groups -OCH3 is 1. The van der Waals surface area contributed by atoms with Crippen LogP contribution in [0.25, 0.3) is 0 Å². The zero-order valence-corrected chi connectivity index (χ0v) is 20.9. The second-order valence-corrected chi connectivity index (χ2v) is 8.78. The van der Waals surface area contributed by atoms with E-state index in [1.54, 1.807) is 27.7 Å². The maximum Gasteiger partial charge on any atom is 0.408 e. The first-order valence-corrected chi connectivity index (χ1v) is 10.9. The van der Waals surface area contributed by atoms with Gasteiger partial charge < -0.3 is 30.9 Å². The number of amides is 4. The Hall–Kier alpha value is -4.27. The number of primary amides is 1. The number of phenolic OH excluding ortho intramolecular Hbond substituents is 1. The number of hydrogen-bond acceptors (Lipinski definition) is 8. The highest BCUT2D eigenvalue weighted by molar-refractivity contribution is 5.94. The van der Waals surface area contributed by atoms with Gasteiger partial charge in [0.15, 0.2) is 0 Å². The minimum atomic E-state index is -1.47. The van der Waals surface area contributed by atoms with E-state index in [0.29, 0.717) is 5.56 Å². The van der Waals surface area contributed by atoms with Crippen LogP contribution in [-0.2, 0) is 28.7 Å². The van der Waals surface area contributed by atoms with Crippen LogP contribution in [0.4, 0.5) is 4.79 Å². The number of alkyl carbamates (subject to hydrolysis) is 1. The number of rotatable bonds is 10. The number of nitrogens with zero attached hydrogens (tertiary/aromatic N) is 1. The van der Waals surface area contributed by atoms with Crippen molar-refractivity contribution in [1.82, 2.24) is 15.5 Å². The number of hydrogen-bond donors (Lipinski definition) is 4. The third-order valence-corrected chi connectivity index (χ3v) is 4.72. The normalized spacial score (nSPS) is 12.3. The van der Waals surface area contributed by atoms with Gasteiger partial charge in [-0.05, 0) is 57.4 Å². The first kappa shape index (κ1) is 29.8. The molecule has 36 heavy (non-hydrogen) atoms. The largest absolute Gasteiger partial charge is 0.508 e. The number of carbonyl (C=O) groups excluding carboxylic acids is 5. The van der Waals surface area contributed by atoms with Crippen molar-refractivity contribution in [3.63, 3.8) is 0 Å². The van der Waals surface area contributed by atoms with Crippen molar-refractivity contribution in [3.05, 3.63) is 29.3 Å². The third-order valence-electron chi connectivity index (χ3n) is 4.72. The molecule has 0 aromatic heterocycles. The molecule has 0 heterocycles. The first-order chi connectivity index (χ1) is 16.7. The van der Waals surface area contributed by atoms with Crippen LogP contribution < -0.4 is 16.4 Å². The SMILES string of the molecule is C#CN(C(=O)C(CCC(N)=O)NC(=O)OC(C)(C)C)C(C(=O)NCC(=O)OC)c1ccc(O)c(C)c1. The van der Waals surface area contributed by atoms with E-state index >= 15 is 0 Å². The van der Waals surface area contributed by atoms with Gasteiger partial charge in [0.05, 0.1) is 7.11 Å². The van der Waals surface area contributed by atoms with Crippen molar-refractivity contribution in [2.45, 2.75) is 58.2 Å². The number of esters is 1. The molecule has 0 saturated heterocycles. The molecule has 1 aromatic rings. The highest BCUT2D eigenvalue weighted by Crippen LogP contribution is 2.27. The fraction of sp³-hybridized carbons (Fsp3) is 0.458. The van der Waals surface area contributed by atoms with Crippen LogP contribution in [0.3, 0.4) is 0 Å². The van der Waals surface area contributed by atoms with Crippen LogP contribution in [-0.4, -0.2) is 65.1 Å². The molecular weight excluding hydrogens is 472 g/mol. The molecule has 1 rings (SSSR count). The molecule has 2 atom stereocenters. The van der Waals surface area contributed by atoms with E-state index in [2.05, 4.69) is 21.4 Å². The van der Waals surface area contributed by atoms with Crippen molar-refractivity contribution in [1.29, 1.82) is 0 Å². The maximum atomic E-state index is 13.5. The third kappa shape index (κ3) is 9.17. The lowest BCUT2D eigenvalue weighted by Crippen LogP contribution is -2.52. The Morgan fingerprint density at radius 1 is 1.22 bits per heavy atom. The fourth-order valence-electron chi connectivity index (χ4n) is 3.02. The number of aromatic hydroxyl groups is 1. The minimum absolute atomic E-state index is 0.0584. The van der Waals surface area contributed by atoms with Gasteiger partial charge in [0.2, 0.25) is 11.8 Å². The van der Waals surface area contributed by atoms with E-state index in [1.807, 2.05) is 0 Å². The second-order valence-electron chi connectivity index (χ2n) is 8.78. The van der Waals surface area contributed by atoms with Crippen molar-refractivity contribution >= 4 is 29.8 Å². The number of phenols is 1. The summed E-state index contributed by atoms with van der Waals surface area (Å²) in [5.41, 5.74) is 4.93. The predicted octanol–water partition coefficient (Wildman–Crippen LogP) is 0.609.